The number of hydrogen-bond donors (Lipinski definition) is 0. The van der Waals surface area contributed by atoms with Crippen LogP contribution >= 0.6 is 10.0 Å². The van der Waals surface area contributed by atoms with Gasteiger partial charge in [-0.2, -0.15) is 10.0 Å². The maximum absolute atomic E-state index is 4.00. The molecule has 0 atom stereocenters. The molecule has 0 unspecified atom stereocenters. The van der Waals surface area contributed by atoms with Crippen LogP contribution in [-0.4, -0.2) is 6.26 Å². The van der Waals surface area contributed by atoms with Crippen LogP contribution in [-0.2, 0) is 0 Å². The Morgan fingerprint density at radius 2 is 1.30 bits per heavy atom. The predicted octanol–water partition coefficient (Wildman–Crippen LogP) is 5.79. The average molecular weight is 280 g/mol. The topological polar surface area (TPSA) is 0 Å². The minimum atomic E-state index is -1.28. The van der Waals surface area contributed by atoms with Crippen LogP contribution in [0.5, 0.6) is 0 Å². The van der Waals surface area contributed by atoms with E-state index in [2.05, 4.69) is 86.2 Å². The van der Waals surface area contributed by atoms with Gasteiger partial charge in [-0.1, -0.05) is 67.8 Å². The third kappa shape index (κ3) is 2.63. The van der Waals surface area contributed by atoms with E-state index in [1.807, 2.05) is 12.2 Å². The van der Waals surface area contributed by atoms with E-state index in [4.69, 9.17) is 0 Å². The molecule has 0 saturated heterocycles. The first-order valence-electron chi connectivity index (χ1n) is 6.57. The maximum Gasteiger partial charge on any atom is -0.00212 e. The molecule has 0 saturated carbocycles. The standard InChI is InChI=1S/C19H20S/c1-4-12-17(5-2)20(3,18-13-8-6-9-14-18)19-15-10-7-11-16-19/h4-16H,1-2H2,3H3/b17-12+. The Morgan fingerprint density at radius 1 is 0.850 bits per heavy atom. The molecular weight excluding hydrogens is 260 g/mol. The second kappa shape index (κ2) is 6.44. The van der Waals surface area contributed by atoms with Crippen molar-refractivity contribution in [2.75, 3.05) is 6.26 Å². The molecule has 0 amide bonds. The average Bonchev–Trinajstić information content (AvgIpc) is 2.53. The Bertz CT molecular complexity index is 569. The molecule has 20 heavy (non-hydrogen) atoms. The van der Waals surface area contributed by atoms with E-state index < -0.39 is 10.0 Å². The first-order valence-corrected chi connectivity index (χ1v) is 8.61. The number of rotatable bonds is 5. The molecule has 0 radical (unpaired) electrons. The summed E-state index contributed by atoms with van der Waals surface area (Å²) >= 11 is 0. The summed E-state index contributed by atoms with van der Waals surface area (Å²) in [6.45, 7) is 7.84. The van der Waals surface area contributed by atoms with Crippen molar-refractivity contribution in [3.63, 3.8) is 0 Å². The van der Waals surface area contributed by atoms with E-state index in [0.717, 1.165) is 0 Å². The van der Waals surface area contributed by atoms with E-state index in [-0.39, 0.29) is 0 Å². The summed E-state index contributed by atoms with van der Waals surface area (Å²) in [6.07, 6.45) is 8.18. The fourth-order valence-electron chi connectivity index (χ4n) is 2.28. The van der Waals surface area contributed by atoms with Gasteiger partial charge in [0.05, 0.1) is 0 Å². The smallest absolute Gasteiger partial charge is 0.00212 e. The molecule has 0 heterocycles. The zero-order valence-electron chi connectivity index (χ0n) is 11.8. The van der Waals surface area contributed by atoms with Gasteiger partial charge in [0, 0.05) is 0 Å². The minimum absolute atomic E-state index is 1.23. The maximum atomic E-state index is 4.00. The van der Waals surface area contributed by atoms with Crippen molar-refractivity contribution in [2.24, 2.45) is 0 Å². The predicted molar refractivity (Wildman–Crippen MR) is 91.4 cm³/mol. The van der Waals surface area contributed by atoms with Crippen LogP contribution in [0.15, 0.2) is 107 Å². The Morgan fingerprint density at radius 3 is 1.65 bits per heavy atom. The van der Waals surface area contributed by atoms with Crippen LogP contribution in [0.3, 0.4) is 0 Å². The van der Waals surface area contributed by atoms with E-state index in [1.54, 1.807) is 0 Å². The second-order valence-corrected chi connectivity index (χ2v) is 7.80. The van der Waals surface area contributed by atoms with Gasteiger partial charge in [0.25, 0.3) is 0 Å². The van der Waals surface area contributed by atoms with Crippen molar-refractivity contribution in [1.82, 2.24) is 0 Å². The summed E-state index contributed by atoms with van der Waals surface area (Å²) in [4.78, 5) is 3.89. The van der Waals surface area contributed by atoms with Gasteiger partial charge >= 0.3 is 0 Å². The molecule has 0 aromatic heterocycles. The normalized spacial score (nSPS) is 12.8. The lowest BCUT2D eigenvalue weighted by Gasteiger charge is -2.38. The van der Waals surface area contributed by atoms with Gasteiger partial charge in [0.2, 0.25) is 0 Å². The van der Waals surface area contributed by atoms with E-state index in [9.17, 15) is 0 Å². The van der Waals surface area contributed by atoms with Crippen molar-refractivity contribution in [1.29, 1.82) is 0 Å². The molecule has 2 aromatic carbocycles. The van der Waals surface area contributed by atoms with Gasteiger partial charge < -0.3 is 0 Å². The van der Waals surface area contributed by atoms with Gasteiger partial charge in [-0.25, -0.2) is 0 Å². The Kier molecular flexibility index (Phi) is 4.65. The van der Waals surface area contributed by atoms with Crippen molar-refractivity contribution in [2.45, 2.75) is 9.79 Å². The summed E-state index contributed by atoms with van der Waals surface area (Å²) in [5, 5.41) is 0. The Labute approximate surface area is 123 Å². The lowest BCUT2D eigenvalue weighted by Crippen LogP contribution is -2.02. The molecule has 102 valence electrons. The highest BCUT2D eigenvalue weighted by Crippen LogP contribution is 2.65. The SMILES string of the molecule is C=C/C=C(\C=C)S(C)(c1ccccc1)c1ccccc1. The molecule has 2 aromatic rings. The van der Waals surface area contributed by atoms with Crippen molar-refractivity contribution < 1.29 is 0 Å². The largest absolute Gasteiger partial charge is 0.163 e. The van der Waals surface area contributed by atoms with Crippen LogP contribution in [0.1, 0.15) is 0 Å². The van der Waals surface area contributed by atoms with E-state index in [0.29, 0.717) is 0 Å². The van der Waals surface area contributed by atoms with Crippen molar-refractivity contribution in [3.8, 4) is 0 Å². The molecule has 0 aliphatic carbocycles. The first kappa shape index (κ1) is 14.4. The molecule has 0 spiro atoms. The minimum Gasteiger partial charge on any atom is -0.163 e. The summed E-state index contributed by atoms with van der Waals surface area (Å²) in [7, 11) is -1.28. The summed E-state index contributed by atoms with van der Waals surface area (Å²) in [5.74, 6) is 0. The van der Waals surface area contributed by atoms with Gasteiger partial charge in [0.1, 0.15) is 0 Å². The summed E-state index contributed by atoms with van der Waals surface area (Å²) in [6, 6.07) is 21.3. The van der Waals surface area contributed by atoms with Crippen molar-refractivity contribution in [3.05, 3.63) is 97.0 Å². The third-order valence-electron chi connectivity index (χ3n) is 3.38. The van der Waals surface area contributed by atoms with Crippen LogP contribution in [0.2, 0.25) is 0 Å². The number of benzene rings is 2. The van der Waals surface area contributed by atoms with Crippen LogP contribution < -0.4 is 0 Å². The highest BCUT2D eigenvalue weighted by molar-refractivity contribution is 8.36. The molecule has 1 heteroatoms. The van der Waals surface area contributed by atoms with Crippen LogP contribution in [0.4, 0.5) is 0 Å². The zero-order chi connectivity index (χ0) is 14.4. The molecule has 0 fully saturated rings. The zero-order valence-corrected chi connectivity index (χ0v) is 12.6. The monoisotopic (exact) mass is 280 g/mol. The fraction of sp³-hybridized carbons (Fsp3) is 0.0526. The van der Waals surface area contributed by atoms with Gasteiger partial charge in [-0.3, -0.25) is 0 Å². The van der Waals surface area contributed by atoms with Crippen LogP contribution in [0, 0.1) is 0 Å². The lowest BCUT2D eigenvalue weighted by molar-refractivity contribution is 1.36. The fourth-order valence-corrected chi connectivity index (χ4v) is 5.20. The molecule has 0 aliphatic rings. The first-order chi connectivity index (χ1) is 9.73. The number of hydrogen-bond acceptors (Lipinski definition) is 0. The molecule has 0 N–H and O–H groups in total. The number of allylic oxidation sites excluding steroid dienone is 3. The summed E-state index contributed by atoms with van der Waals surface area (Å²) < 4.78 is 0. The molecule has 0 aliphatic heterocycles. The third-order valence-corrected chi connectivity index (χ3v) is 7.06. The Balaban J connectivity index is 2.70. The summed E-state index contributed by atoms with van der Waals surface area (Å²) in [5.41, 5.74) is 0. The lowest BCUT2D eigenvalue weighted by atomic mass is 10.4. The van der Waals surface area contributed by atoms with Crippen LogP contribution in [0.25, 0.3) is 0 Å². The molecule has 2 rings (SSSR count). The van der Waals surface area contributed by atoms with Crippen molar-refractivity contribution >= 4 is 10.0 Å². The van der Waals surface area contributed by atoms with Gasteiger partial charge in [-0.15, -0.1) is 0 Å². The van der Waals surface area contributed by atoms with Gasteiger partial charge in [-0.05, 0) is 45.2 Å². The molecule has 0 bridgehead atoms. The quantitative estimate of drug-likeness (QED) is 0.608. The Hall–Kier alpha value is -1.99. The highest BCUT2D eigenvalue weighted by Gasteiger charge is 2.25. The highest BCUT2D eigenvalue weighted by atomic mass is 32.3. The molecular formula is C19H20S. The van der Waals surface area contributed by atoms with Gasteiger partial charge in [0.15, 0.2) is 0 Å². The second-order valence-electron chi connectivity index (χ2n) is 4.55. The van der Waals surface area contributed by atoms with E-state index in [1.165, 1.54) is 14.7 Å². The van der Waals surface area contributed by atoms with E-state index >= 15 is 0 Å². The molecule has 0 nitrogen and oxygen atoms in total.